The van der Waals surface area contributed by atoms with E-state index < -0.39 is 0 Å². The molecule has 31 heavy (non-hydrogen) atoms. The third-order valence-corrected chi connectivity index (χ3v) is 7.03. The van der Waals surface area contributed by atoms with E-state index in [9.17, 15) is 14.4 Å². The molecule has 2 aliphatic heterocycles. The van der Waals surface area contributed by atoms with Gasteiger partial charge in [-0.05, 0) is 55.7 Å². The summed E-state index contributed by atoms with van der Waals surface area (Å²) in [6.07, 6.45) is 1.52. The number of halogens is 1. The van der Waals surface area contributed by atoms with Crippen LogP contribution < -0.4 is 10.2 Å². The maximum absolute atomic E-state index is 13.0. The lowest BCUT2D eigenvalue weighted by atomic mass is 9.94. The number of hydrogen-bond acceptors (Lipinski definition) is 3. The minimum atomic E-state index is -0.316. The fraction of sp³-hybridized carbons (Fsp3) is 0.375. The fourth-order valence-electron chi connectivity index (χ4n) is 4.32. The Morgan fingerprint density at radius 1 is 1.03 bits per heavy atom. The van der Waals surface area contributed by atoms with E-state index >= 15 is 0 Å². The van der Waals surface area contributed by atoms with Crippen molar-refractivity contribution in [2.45, 2.75) is 26.2 Å². The molecule has 4 rings (SSSR count). The highest BCUT2D eigenvalue weighted by Crippen LogP contribution is 2.28. The van der Waals surface area contributed by atoms with E-state index in [2.05, 4.69) is 21.2 Å². The molecule has 7 heteroatoms. The van der Waals surface area contributed by atoms with Gasteiger partial charge in [-0.3, -0.25) is 14.4 Å². The molecule has 0 spiro atoms. The monoisotopic (exact) mass is 483 g/mol. The number of carbonyl (C=O) groups is 3. The molecule has 2 aliphatic rings. The maximum atomic E-state index is 13.0. The summed E-state index contributed by atoms with van der Waals surface area (Å²) in [6, 6.07) is 15.2. The van der Waals surface area contributed by atoms with Gasteiger partial charge in [0.2, 0.25) is 17.7 Å². The Morgan fingerprint density at radius 2 is 1.74 bits per heavy atom. The van der Waals surface area contributed by atoms with Crippen molar-refractivity contribution < 1.29 is 14.4 Å². The Balaban J connectivity index is 1.30. The first-order chi connectivity index (χ1) is 14.9. The third kappa shape index (κ3) is 4.82. The minimum Gasteiger partial charge on any atom is -0.342 e. The highest BCUT2D eigenvalue weighted by Gasteiger charge is 2.38. The number of likely N-dealkylation sites (tertiary alicyclic amines) is 1. The second-order valence-electron chi connectivity index (χ2n) is 8.29. The van der Waals surface area contributed by atoms with Gasteiger partial charge in [-0.2, -0.15) is 0 Å². The van der Waals surface area contributed by atoms with Crippen molar-refractivity contribution in [2.75, 3.05) is 29.9 Å². The normalized spacial score (nSPS) is 19.5. The predicted octanol–water partition coefficient (Wildman–Crippen LogP) is 3.99. The highest BCUT2D eigenvalue weighted by molar-refractivity contribution is 9.10. The van der Waals surface area contributed by atoms with E-state index in [1.807, 2.05) is 60.4 Å². The summed E-state index contributed by atoms with van der Waals surface area (Å²) in [7, 11) is 0. The zero-order valence-electron chi connectivity index (χ0n) is 17.5. The van der Waals surface area contributed by atoms with E-state index in [-0.39, 0.29) is 36.0 Å². The van der Waals surface area contributed by atoms with Crippen molar-refractivity contribution in [3.63, 3.8) is 0 Å². The molecule has 6 nitrogen and oxygen atoms in total. The third-order valence-electron chi connectivity index (χ3n) is 6.15. The number of nitrogens with one attached hydrogen (secondary N) is 1. The molecule has 1 N–H and O–H groups in total. The fourth-order valence-corrected chi connectivity index (χ4v) is 4.56. The van der Waals surface area contributed by atoms with Crippen LogP contribution in [-0.4, -0.2) is 42.3 Å². The summed E-state index contributed by atoms with van der Waals surface area (Å²) >= 11 is 3.47. The molecular weight excluding hydrogens is 458 g/mol. The molecule has 0 aliphatic carbocycles. The van der Waals surface area contributed by atoms with Crippen molar-refractivity contribution >= 4 is 45.0 Å². The Bertz CT molecular complexity index is 987. The summed E-state index contributed by atoms with van der Waals surface area (Å²) < 4.78 is 1.01. The van der Waals surface area contributed by atoms with Crippen LogP contribution in [0.25, 0.3) is 0 Å². The number of amides is 3. The standard InChI is InChI=1S/C24H26BrN3O3/c1-16-13-19(7-8-21(16)25)26-23(30)17-9-11-27(12-10-17)24(31)18-14-22(29)28(15-18)20-5-3-2-4-6-20/h2-8,13,17-18H,9-12,14-15H2,1H3,(H,26,30). The quantitative estimate of drug-likeness (QED) is 0.714. The van der Waals surface area contributed by atoms with Crippen molar-refractivity contribution in [1.29, 1.82) is 0 Å². The number of aryl methyl sites for hydroxylation is 1. The molecule has 1 unspecified atom stereocenters. The van der Waals surface area contributed by atoms with Gasteiger partial charge < -0.3 is 15.1 Å². The van der Waals surface area contributed by atoms with Gasteiger partial charge in [-0.1, -0.05) is 34.1 Å². The lowest BCUT2D eigenvalue weighted by Gasteiger charge is -2.33. The molecule has 0 radical (unpaired) electrons. The van der Waals surface area contributed by atoms with Gasteiger partial charge in [-0.15, -0.1) is 0 Å². The molecule has 2 fully saturated rings. The largest absolute Gasteiger partial charge is 0.342 e. The van der Waals surface area contributed by atoms with E-state index in [1.165, 1.54) is 0 Å². The molecule has 2 aromatic carbocycles. The molecule has 1 atom stereocenters. The number of hydrogen-bond donors (Lipinski definition) is 1. The number of rotatable bonds is 4. The van der Waals surface area contributed by atoms with E-state index in [1.54, 1.807) is 4.90 Å². The number of carbonyl (C=O) groups excluding carboxylic acids is 3. The Hall–Kier alpha value is -2.67. The van der Waals surface area contributed by atoms with E-state index in [0.717, 1.165) is 21.4 Å². The highest BCUT2D eigenvalue weighted by atomic mass is 79.9. The van der Waals surface area contributed by atoms with E-state index in [4.69, 9.17) is 0 Å². The van der Waals surface area contributed by atoms with Gasteiger partial charge in [0.25, 0.3) is 0 Å². The molecule has 2 saturated heterocycles. The maximum Gasteiger partial charge on any atom is 0.228 e. The van der Waals surface area contributed by atoms with Crippen LogP contribution in [0.2, 0.25) is 0 Å². The van der Waals surface area contributed by atoms with Crippen molar-refractivity contribution in [3.8, 4) is 0 Å². The topological polar surface area (TPSA) is 69.7 Å². The van der Waals surface area contributed by atoms with Crippen molar-refractivity contribution in [1.82, 2.24) is 4.90 Å². The number of piperidine rings is 1. The molecule has 3 amide bonds. The molecule has 0 aromatic heterocycles. The van der Waals surface area contributed by atoms with Crippen LogP contribution in [0.5, 0.6) is 0 Å². The van der Waals surface area contributed by atoms with Crippen LogP contribution in [-0.2, 0) is 14.4 Å². The summed E-state index contributed by atoms with van der Waals surface area (Å²) in [4.78, 5) is 41.6. The first kappa shape index (κ1) is 21.6. The van der Waals surface area contributed by atoms with Crippen LogP contribution in [0.15, 0.2) is 53.0 Å². The Morgan fingerprint density at radius 3 is 2.42 bits per heavy atom. The van der Waals surface area contributed by atoms with Crippen LogP contribution in [0.4, 0.5) is 11.4 Å². The molecule has 162 valence electrons. The smallest absolute Gasteiger partial charge is 0.228 e. The SMILES string of the molecule is Cc1cc(NC(=O)C2CCN(C(=O)C3CC(=O)N(c4ccccc4)C3)CC2)ccc1Br. The van der Waals surface area contributed by atoms with E-state index in [0.29, 0.717) is 32.5 Å². The summed E-state index contributed by atoms with van der Waals surface area (Å²) in [5.74, 6) is -0.416. The molecule has 2 aromatic rings. The lowest BCUT2D eigenvalue weighted by Crippen LogP contribution is -2.44. The summed E-state index contributed by atoms with van der Waals surface area (Å²) in [6.45, 7) is 3.50. The summed E-state index contributed by atoms with van der Waals surface area (Å²) in [5.41, 5.74) is 2.69. The molecular formula is C24H26BrN3O3. The number of para-hydroxylation sites is 1. The number of nitrogens with zero attached hydrogens (tertiary/aromatic N) is 2. The Kier molecular flexibility index (Phi) is 6.41. The van der Waals surface area contributed by atoms with Gasteiger partial charge in [0.1, 0.15) is 0 Å². The van der Waals surface area contributed by atoms with Gasteiger partial charge in [0.05, 0.1) is 5.92 Å². The molecule has 0 saturated carbocycles. The van der Waals surface area contributed by atoms with Gasteiger partial charge in [-0.25, -0.2) is 0 Å². The average molecular weight is 484 g/mol. The van der Waals surface area contributed by atoms with Gasteiger partial charge >= 0.3 is 0 Å². The second kappa shape index (κ2) is 9.22. The van der Waals surface area contributed by atoms with Crippen molar-refractivity contribution in [3.05, 3.63) is 58.6 Å². The number of anilines is 2. The van der Waals surface area contributed by atoms with Gasteiger partial charge in [0.15, 0.2) is 0 Å². The first-order valence-corrected chi connectivity index (χ1v) is 11.4. The second-order valence-corrected chi connectivity index (χ2v) is 9.15. The lowest BCUT2D eigenvalue weighted by molar-refractivity contribution is -0.138. The number of benzene rings is 2. The minimum absolute atomic E-state index is 0.000110. The van der Waals surface area contributed by atoms with Crippen LogP contribution in [0, 0.1) is 18.8 Å². The first-order valence-electron chi connectivity index (χ1n) is 10.6. The zero-order valence-corrected chi connectivity index (χ0v) is 19.1. The molecule has 0 bridgehead atoms. The summed E-state index contributed by atoms with van der Waals surface area (Å²) in [5, 5.41) is 2.99. The van der Waals surface area contributed by atoms with Crippen molar-refractivity contribution in [2.24, 2.45) is 11.8 Å². The van der Waals surface area contributed by atoms with Crippen LogP contribution >= 0.6 is 15.9 Å². The average Bonchev–Trinajstić information content (AvgIpc) is 3.18. The molecule has 2 heterocycles. The Labute approximate surface area is 190 Å². The van der Waals surface area contributed by atoms with Crippen LogP contribution in [0.1, 0.15) is 24.8 Å². The predicted molar refractivity (Wildman–Crippen MR) is 124 cm³/mol. The van der Waals surface area contributed by atoms with Gasteiger partial charge in [0, 0.05) is 47.8 Å². The van der Waals surface area contributed by atoms with Crippen LogP contribution in [0.3, 0.4) is 0 Å². The zero-order chi connectivity index (χ0) is 22.0.